The van der Waals surface area contributed by atoms with Gasteiger partial charge in [0.2, 0.25) is 0 Å². The molecule has 0 amide bonds. The Hall–Kier alpha value is -2.10. The van der Waals surface area contributed by atoms with Crippen molar-refractivity contribution in [2.24, 2.45) is 5.73 Å². The number of aromatic nitrogens is 1. The molecule has 3 rings (SSSR count). The number of benzene rings is 2. The van der Waals surface area contributed by atoms with Crippen molar-refractivity contribution < 1.29 is 28.7 Å². The number of pyridine rings is 1. The molecule has 1 heterocycles. The van der Waals surface area contributed by atoms with Crippen LogP contribution in [0.1, 0.15) is 25.3 Å². The molecule has 0 aliphatic rings. The standard InChI is InChI=1S/C22H25Cl2N3O2.H3O4P/c1-13-8-10-26-21-17(27-14(2)5-4-9-25)12-19(28-3)22(20(13)21)29-18-7-6-15(23)11-16(18)24;1-5(2,3)4/h6-8,10-12,14,27H,4-5,9,25H2,1-3H3;(H3,1,2,3,4). The molecular formula is C22H28Cl2N3O6P. The van der Waals surface area contributed by atoms with Gasteiger partial charge in [0.1, 0.15) is 5.75 Å². The van der Waals surface area contributed by atoms with Gasteiger partial charge in [0, 0.05) is 23.3 Å². The zero-order valence-corrected chi connectivity index (χ0v) is 21.4. The second-order valence-corrected chi connectivity index (χ2v) is 9.34. The summed E-state index contributed by atoms with van der Waals surface area (Å²) in [6.45, 7) is 4.81. The van der Waals surface area contributed by atoms with Crippen LogP contribution in [-0.4, -0.2) is 39.4 Å². The first-order valence-electron chi connectivity index (χ1n) is 10.3. The number of aryl methyl sites for hydroxylation is 1. The minimum atomic E-state index is -4.64. The summed E-state index contributed by atoms with van der Waals surface area (Å²) in [5, 5.41) is 5.37. The number of rotatable bonds is 8. The highest BCUT2D eigenvalue weighted by molar-refractivity contribution is 7.45. The molecule has 186 valence electrons. The highest BCUT2D eigenvalue weighted by Gasteiger charge is 2.20. The summed E-state index contributed by atoms with van der Waals surface area (Å²) >= 11 is 12.3. The van der Waals surface area contributed by atoms with E-state index in [0.29, 0.717) is 33.8 Å². The van der Waals surface area contributed by atoms with Gasteiger partial charge in [-0.15, -0.1) is 0 Å². The molecule has 0 fully saturated rings. The van der Waals surface area contributed by atoms with Crippen molar-refractivity contribution in [2.75, 3.05) is 19.0 Å². The van der Waals surface area contributed by atoms with Gasteiger partial charge in [-0.3, -0.25) is 4.98 Å². The minimum Gasteiger partial charge on any atom is -0.493 e. The van der Waals surface area contributed by atoms with Crippen molar-refractivity contribution >= 4 is 47.6 Å². The molecule has 0 bridgehead atoms. The smallest absolute Gasteiger partial charge is 0.466 e. The van der Waals surface area contributed by atoms with Gasteiger partial charge in [-0.1, -0.05) is 23.2 Å². The molecule has 1 unspecified atom stereocenters. The van der Waals surface area contributed by atoms with Crippen molar-refractivity contribution in [3.63, 3.8) is 0 Å². The lowest BCUT2D eigenvalue weighted by molar-refractivity contribution is 0.275. The summed E-state index contributed by atoms with van der Waals surface area (Å²) in [5.74, 6) is 1.65. The summed E-state index contributed by atoms with van der Waals surface area (Å²) in [5.41, 5.74) is 8.36. The number of phosphoric acid groups is 1. The van der Waals surface area contributed by atoms with Crippen molar-refractivity contribution in [1.82, 2.24) is 4.98 Å². The van der Waals surface area contributed by atoms with Crippen LogP contribution in [0.4, 0.5) is 5.69 Å². The molecule has 3 aromatic rings. The van der Waals surface area contributed by atoms with Crippen LogP contribution in [0.25, 0.3) is 10.9 Å². The van der Waals surface area contributed by atoms with Gasteiger partial charge < -0.3 is 35.2 Å². The van der Waals surface area contributed by atoms with Gasteiger partial charge in [0.25, 0.3) is 0 Å². The third-order valence-corrected chi connectivity index (χ3v) is 5.24. The number of nitrogens with one attached hydrogen (secondary N) is 1. The van der Waals surface area contributed by atoms with Crippen molar-refractivity contribution in [1.29, 1.82) is 0 Å². The second-order valence-electron chi connectivity index (χ2n) is 7.47. The molecule has 1 atom stereocenters. The molecule has 9 nitrogen and oxygen atoms in total. The van der Waals surface area contributed by atoms with Crippen LogP contribution in [0.5, 0.6) is 17.2 Å². The Labute approximate surface area is 208 Å². The average Bonchev–Trinajstić information content (AvgIpc) is 2.74. The molecule has 0 saturated heterocycles. The number of methoxy groups -OCH3 is 1. The molecule has 2 aromatic carbocycles. The fourth-order valence-corrected chi connectivity index (χ4v) is 3.68. The van der Waals surface area contributed by atoms with Crippen LogP contribution >= 0.6 is 31.0 Å². The summed E-state index contributed by atoms with van der Waals surface area (Å²) in [4.78, 5) is 26.2. The van der Waals surface area contributed by atoms with Crippen LogP contribution in [0.15, 0.2) is 36.5 Å². The second kappa shape index (κ2) is 12.6. The maximum absolute atomic E-state index is 8.88. The molecule has 1 aromatic heterocycles. The summed E-state index contributed by atoms with van der Waals surface area (Å²) in [6, 6.07) is 9.21. The predicted octanol–water partition coefficient (Wildman–Crippen LogP) is 5.26. The van der Waals surface area contributed by atoms with E-state index in [4.69, 9.17) is 57.7 Å². The first-order chi connectivity index (χ1) is 15.9. The van der Waals surface area contributed by atoms with E-state index in [1.54, 1.807) is 31.5 Å². The van der Waals surface area contributed by atoms with Gasteiger partial charge in [0.05, 0.1) is 28.7 Å². The quantitative estimate of drug-likeness (QED) is 0.245. The Bertz CT molecular complexity index is 1170. The fraction of sp³-hybridized carbons (Fsp3) is 0.318. The summed E-state index contributed by atoms with van der Waals surface area (Å²) < 4.78 is 20.8. The normalized spacial score (nSPS) is 12.0. The zero-order chi connectivity index (χ0) is 25.5. The van der Waals surface area contributed by atoms with E-state index in [9.17, 15) is 0 Å². The maximum atomic E-state index is 8.88. The maximum Gasteiger partial charge on any atom is 0.466 e. The Kier molecular flexibility index (Phi) is 10.4. The fourth-order valence-electron chi connectivity index (χ4n) is 3.23. The van der Waals surface area contributed by atoms with Crippen LogP contribution < -0.4 is 20.5 Å². The van der Waals surface area contributed by atoms with E-state index in [1.165, 1.54) is 0 Å². The SMILES string of the molecule is COc1cc(NC(C)CCCN)c2nccc(C)c2c1Oc1ccc(Cl)cc1Cl.O=P(O)(O)O. The van der Waals surface area contributed by atoms with Gasteiger partial charge >= 0.3 is 7.82 Å². The number of anilines is 1. The van der Waals surface area contributed by atoms with E-state index in [-0.39, 0.29) is 6.04 Å². The lowest BCUT2D eigenvalue weighted by Gasteiger charge is -2.21. The number of halogens is 2. The number of nitrogens with two attached hydrogens (primary N) is 1. The van der Waals surface area contributed by atoms with Crippen LogP contribution in [-0.2, 0) is 4.57 Å². The lowest BCUT2D eigenvalue weighted by Crippen LogP contribution is -2.17. The van der Waals surface area contributed by atoms with Crippen LogP contribution in [0, 0.1) is 6.92 Å². The van der Waals surface area contributed by atoms with Crippen molar-refractivity contribution in [3.05, 3.63) is 52.1 Å². The highest BCUT2D eigenvalue weighted by Crippen LogP contribution is 2.44. The average molecular weight is 532 g/mol. The van der Waals surface area contributed by atoms with Gasteiger partial charge in [0.15, 0.2) is 11.5 Å². The summed E-state index contributed by atoms with van der Waals surface area (Å²) in [7, 11) is -3.02. The molecule has 0 saturated carbocycles. The molecule has 6 N–H and O–H groups in total. The van der Waals surface area contributed by atoms with E-state index >= 15 is 0 Å². The molecule has 0 spiro atoms. The largest absolute Gasteiger partial charge is 0.493 e. The number of fused-ring (bicyclic) bond motifs is 1. The van der Waals surface area contributed by atoms with Crippen molar-refractivity contribution in [2.45, 2.75) is 32.7 Å². The molecule has 0 aliphatic heterocycles. The first-order valence-corrected chi connectivity index (χ1v) is 12.6. The predicted molar refractivity (Wildman–Crippen MR) is 135 cm³/mol. The molecule has 0 radical (unpaired) electrons. The Morgan fingerprint density at radius 2 is 1.85 bits per heavy atom. The monoisotopic (exact) mass is 531 g/mol. The van der Waals surface area contributed by atoms with E-state index in [2.05, 4.69) is 17.2 Å². The number of ether oxygens (including phenoxy) is 2. The Balaban J connectivity index is 0.000000739. The highest BCUT2D eigenvalue weighted by atomic mass is 35.5. The van der Waals surface area contributed by atoms with Gasteiger partial charge in [-0.25, -0.2) is 4.57 Å². The molecule has 0 aliphatic carbocycles. The van der Waals surface area contributed by atoms with E-state index < -0.39 is 7.82 Å². The number of nitrogens with zero attached hydrogens (tertiary/aromatic N) is 1. The first kappa shape index (κ1) is 28.1. The van der Waals surface area contributed by atoms with Gasteiger partial charge in [-0.2, -0.15) is 0 Å². The molecule has 12 heteroatoms. The zero-order valence-electron chi connectivity index (χ0n) is 19.0. The third-order valence-electron chi connectivity index (χ3n) is 4.71. The van der Waals surface area contributed by atoms with E-state index in [0.717, 1.165) is 35.0 Å². The third kappa shape index (κ3) is 8.29. The Morgan fingerprint density at radius 3 is 2.44 bits per heavy atom. The molecule has 34 heavy (non-hydrogen) atoms. The lowest BCUT2D eigenvalue weighted by atomic mass is 10.1. The van der Waals surface area contributed by atoms with Gasteiger partial charge in [-0.05, 0) is 63.1 Å². The number of hydrogen-bond acceptors (Lipinski definition) is 6. The van der Waals surface area contributed by atoms with E-state index in [1.807, 2.05) is 19.1 Å². The number of hydrogen-bond donors (Lipinski definition) is 5. The summed E-state index contributed by atoms with van der Waals surface area (Å²) in [6.07, 6.45) is 3.70. The topological polar surface area (TPSA) is 147 Å². The Morgan fingerprint density at radius 1 is 1.18 bits per heavy atom. The minimum absolute atomic E-state index is 0.242. The molecular weight excluding hydrogens is 504 g/mol. The van der Waals surface area contributed by atoms with Crippen LogP contribution in [0.2, 0.25) is 10.0 Å². The van der Waals surface area contributed by atoms with Crippen LogP contribution in [0.3, 0.4) is 0 Å². The van der Waals surface area contributed by atoms with Crippen molar-refractivity contribution in [3.8, 4) is 17.2 Å².